The topological polar surface area (TPSA) is 63.3 Å². The van der Waals surface area contributed by atoms with Crippen molar-refractivity contribution in [2.45, 2.75) is 75.2 Å². The van der Waals surface area contributed by atoms with E-state index in [1.807, 2.05) is 6.07 Å². The predicted molar refractivity (Wildman–Crippen MR) is 102 cm³/mol. The average Bonchev–Trinajstić information content (AvgIpc) is 2.60. The minimum atomic E-state index is -1.11. The highest BCUT2D eigenvalue weighted by Crippen LogP contribution is 2.53. The van der Waals surface area contributed by atoms with Crippen LogP contribution in [0.25, 0.3) is 0 Å². The highest BCUT2D eigenvalue weighted by atomic mass is 35.5. The summed E-state index contributed by atoms with van der Waals surface area (Å²) in [7, 11) is 0. The Morgan fingerprint density at radius 3 is 2.20 bits per heavy atom. The Labute approximate surface area is 159 Å². The zero-order valence-corrected chi connectivity index (χ0v) is 16.1. The number of aliphatic hydroxyl groups is 1. The van der Waals surface area contributed by atoms with Crippen molar-refractivity contribution in [1.29, 1.82) is 0 Å². The van der Waals surface area contributed by atoms with Gasteiger partial charge in [0.2, 0.25) is 5.91 Å². The van der Waals surface area contributed by atoms with E-state index in [1.54, 1.807) is 12.1 Å². The summed E-state index contributed by atoms with van der Waals surface area (Å²) < 4.78 is 0. The third-order valence-electron chi connectivity index (χ3n) is 6.40. The lowest BCUT2D eigenvalue weighted by molar-refractivity contribution is -0.149. The van der Waals surface area contributed by atoms with Gasteiger partial charge in [0.15, 0.2) is 0 Å². The molecule has 2 fully saturated rings. The third-order valence-corrected chi connectivity index (χ3v) is 7.13. The zero-order valence-electron chi connectivity index (χ0n) is 14.6. The molecule has 0 saturated heterocycles. The predicted octanol–water partition coefficient (Wildman–Crippen LogP) is 4.99. The van der Waals surface area contributed by atoms with Crippen molar-refractivity contribution in [3.63, 3.8) is 0 Å². The van der Waals surface area contributed by atoms with Gasteiger partial charge in [0.1, 0.15) is 5.41 Å². The van der Waals surface area contributed by atoms with E-state index in [4.69, 9.17) is 28.9 Å². The normalized spacial score (nSPS) is 23.8. The standard InChI is InChI=1S/C20H27Cl2NO2/c21-16-10-9-15(13-17(16)22)20(18(23)24,14-7-3-1-4-8-14)19(25)11-5-2-6-12-19/h9-10,13-14,25H,1-8,11-12H2,(H2,23,24). The average molecular weight is 384 g/mol. The SMILES string of the molecule is NC(=O)C(c1ccc(Cl)c(Cl)c1)(C1CCCCC1)C1(O)CCCCC1. The summed E-state index contributed by atoms with van der Waals surface area (Å²) in [6, 6.07) is 5.29. The number of halogens is 2. The van der Waals surface area contributed by atoms with E-state index in [9.17, 15) is 9.90 Å². The molecule has 0 aliphatic heterocycles. The van der Waals surface area contributed by atoms with Gasteiger partial charge in [-0.25, -0.2) is 0 Å². The molecule has 1 amide bonds. The molecule has 5 heteroatoms. The van der Waals surface area contributed by atoms with Gasteiger partial charge in [-0.3, -0.25) is 4.79 Å². The fraction of sp³-hybridized carbons (Fsp3) is 0.650. The number of carbonyl (C=O) groups excluding carboxylic acids is 1. The van der Waals surface area contributed by atoms with Crippen molar-refractivity contribution in [2.24, 2.45) is 11.7 Å². The number of rotatable bonds is 4. The fourth-order valence-electron chi connectivity index (χ4n) is 5.27. The number of benzene rings is 1. The maximum atomic E-state index is 13.0. The van der Waals surface area contributed by atoms with E-state index in [0.29, 0.717) is 22.9 Å². The summed E-state index contributed by atoms with van der Waals surface area (Å²) in [5.74, 6) is -0.388. The third kappa shape index (κ3) is 3.20. The van der Waals surface area contributed by atoms with Crippen LogP contribution in [0.5, 0.6) is 0 Å². The molecule has 0 heterocycles. The minimum Gasteiger partial charge on any atom is -0.388 e. The van der Waals surface area contributed by atoms with Crippen molar-refractivity contribution in [1.82, 2.24) is 0 Å². The van der Waals surface area contributed by atoms with E-state index in [2.05, 4.69) is 0 Å². The first-order chi connectivity index (χ1) is 11.9. The minimum absolute atomic E-state index is 0.0408. The van der Waals surface area contributed by atoms with E-state index < -0.39 is 16.9 Å². The van der Waals surface area contributed by atoms with E-state index in [1.165, 1.54) is 6.42 Å². The van der Waals surface area contributed by atoms with Crippen LogP contribution in [0.4, 0.5) is 0 Å². The Morgan fingerprint density at radius 2 is 1.64 bits per heavy atom. The summed E-state index contributed by atoms with van der Waals surface area (Å²) in [5, 5.41) is 12.6. The second-order valence-corrected chi connectivity index (χ2v) is 8.54. The van der Waals surface area contributed by atoms with E-state index in [-0.39, 0.29) is 5.92 Å². The summed E-state index contributed by atoms with van der Waals surface area (Å²) in [5.41, 5.74) is 4.58. The molecule has 2 saturated carbocycles. The molecule has 0 spiro atoms. The zero-order chi connectivity index (χ0) is 18.1. The summed E-state index contributed by atoms with van der Waals surface area (Å²) in [6.07, 6.45) is 9.25. The van der Waals surface area contributed by atoms with E-state index in [0.717, 1.165) is 50.5 Å². The lowest BCUT2D eigenvalue weighted by Gasteiger charge is -2.52. The monoisotopic (exact) mass is 383 g/mol. The van der Waals surface area contributed by atoms with Gasteiger partial charge in [-0.05, 0) is 49.3 Å². The molecule has 0 bridgehead atoms. The lowest BCUT2D eigenvalue weighted by Crippen LogP contribution is -2.64. The van der Waals surface area contributed by atoms with Crippen LogP contribution in [-0.2, 0) is 10.2 Å². The first-order valence-corrected chi connectivity index (χ1v) is 10.2. The molecule has 0 aromatic heterocycles. The second kappa shape index (κ2) is 7.46. The molecule has 2 aliphatic carbocycles. The Bertz CT molecular complexity index is 637. The van der Waals surface area contributed by atoms with Crippen molar-refractivity contribution in [2.75, 3.05) is 0 Å². The van der Waals surface area contributed by atoms with Gasteiger partial charge in [-0.15, -0.1) is 0 Å². The summed E-state index contributed by atoms with van der Waals surface area (Å²) >= 11 is 12.4. The first-order valence-electron chi connectivity index (χ1n) is 9.39. The Kier molecular flexibility index (Phi) is 5.67. The van der Waals surface area contributed by atoms with Gasteiger partial charge < -0.3 is 10.8 Å². The lowest BCUT2D eigenvalue weighted by atomic mass is 9.53. The van der Waals surface area contributed by atoms with Gasteiger partial charge in [-0.1, -0.05) is 67.8 Å². The van der Waals surface area contributed by atoms with Crippen LogP contribution in [0.2, 0.25) is 10.0 Å². The van der Waals surface area contributed by atoms with Crippen molar-refractivity contribution >= 4 is 29.1 Å². The quantitative estimate of drug-likeness (QED) is 0.768. The molecule has 2 aliphatic rings. The Balaban J connectivity index is 2.20. The molecule has 0 radical (unpaired) electrons. The molecule has 1 aromatic rings. The molecular weight excluding hydrogens is 357 g/mol. The van der Waals surface area contributed by atoms with Crippen LogP contribution in [0.1, 0.15) is 69.8 Å². The second-order valence-electron chi connectivity index (χ2n) is 7.73. The largest absolute Gasteiger partial charge is 0.388 e. The first kappa shape index (κ1) is 19.0. The maximum absolute atomic E-state index is 13.0. The number of nitrogens with two attached hydrogens (primary N) is 1. The number of amides is 1. The number of hydrogen-bond acceptors (Lipinski definition) is 2. The highest BCUT2D eigenvalue weighted by molar-refractivity contribution is 6.42. The van der Waals surface area contributed by atoms with Crippen molar-refractivity contribution in [3.05, 3.63) is 33.8 Å². The number of carbonyl (C=O) groups is 1. The van der Waals surface area contributed by atoms with Crippen molar-refractivity contribution in [3.8, 4) is 0 Å². The fourth-order valence-corrected chi connectivity index (χ4v) is 5.56. The van der Waals surface area contributed by atoms with Crippen LogP contribution in [0, 0.1) is 5.92 Å². The van der Waals surface area contributed by atoms with Gasteiger partial charge in [0, 0.05) is 0 Å². The molecule has 138 valence electrons. The van der Waals surface area contributed by atoms with E-state index >= 15 is 0 Å². The van der Waals surface area contributed by atoms with Gasteiger partial charge >= 0.3 is 0 Å². The highest BCUT2D eigenvalue weighted by Gasteiger charge is 2.59. The molecular formula is C20H27Cl2NO2. The molecule has 3 N–H and O–H groups in total. The molecule has 1 aromatic carbocycles. The Morgan fingerprint density at radius 1 is 1.04 bits per heavy atom. The van der Waals surface area contributed by atoms with Gasteiger partial charge in [-0.2, -0.15) is 0 Å². The number of primary amides is 1. The molecule has 25 heavy (non-hydrogen) atoms. The van der Waals surface area contributed by atoms with Crippen LogP contribution in [-0.4, -0.2) is 16.6 Å². The summed E-state index contributed by atoms with van der Waals surface area (Å²) in [6.45, 7) is 0. The van der Waals surface area contributed by atoms with Crippen LogP contribution < -0.4 is 5.73 Å². The molecule has 3 rings (SSSR count). The molecule has 1 atom stereocenters. The number of hydrogen-bond donors (Lipinski definition) is 2. The maximum Gasteiger partial charge on any atom is 0.231 e. The summed E-state index contributed by atoms with van der Waals surface area (Å²) in [4.78, 5) is 13.0. The van der Waals surface area contributed by atoms with Crippen molar-refractivity contribution < 1.29 is 9.90 Å². The molecule has 3 nitrogen and oxygen atoms in total. The van der Waals surface area contributed by atoms with Crippen LogP contribution >= 0.6 is 23.2 Å². The van der Waals surface area contributed by atoms with Gasteiger partial charge in [0.25, 0.3) is 0 Å². The molecule has 1 unspecified atom stereocenters. The van der Waals surface area contributed by atoms with Gasteiger partial charge in [0.05, 0.1) is 15.6 Å². The van der Waals surface area contributed by atoms with Crippen LogP contribution in [0.15, 0.2) is 18.2 Å². The Hall–Kier alpha value is -0.770. The van der Waals surface area contributed by atoms with Crippen LogP contribution in [0.3, 0.4) is 0 Å². The smallest absolute Gasteiger partial charge is 0.231 e.